The van der Waals surface area contributed by atoms with E-state index in [0.717, 1.165) is 21.8 Å². The lowest BCUT2D eigenvalue weighted by Gasteiger charge is -2.11. The maximum Gasteiger partial charge on any atom is 0.274 e. The third-order valence-electron chi connectivity index (χ3n) is 2.75. The minimum Gasteiger partial charge on any atom is -0.270 e. The van der Waals surface area contributed by atoms with Crippen molar-refractivity contribution < 1.29 is 9.63 Å². The monoisotopic (exact) mass is 361 g/mol. The second-order valence-electron chi connectivity index (χ2n) is 4.11. The van der Waals surface area contributed by atoms with Crippen LogP contribution in [0.2, 0.25) is 0 Å². The van der Waals surface area contributed by atoms with Gasteiger partial charge in [-0.3, -0.25) is 9.63 Å². The molecule has 1 aromatic carbocycles. The van der Waals surface area contributed by atoms with Gasteiger partial charge in [0.1, 0.15) is 0 Å². The van der Waals surface area contributed by atoms with E-state index in [4.69, 9.17) is 4.84 Å². The fourth-order valence-electron chi connectivity index (χ4n) is 1.89. The van der Waals surface area contributed by atoms with Crippen LogP contribution in [0.3, 0.4) is 0 Å². The van der Waals surface area contributed by atoms with Gasteiger partial charge in [-0.25, -0.2) is 5.48 Å². The molecule has 92 valence electrons. The number of benzene rings is 1. The van der Waals surface area contributed by atoms with Crippen LogP contribution in [0.5, 0.6) is 0 Å². The van der Waals surface area contributed by atoms with Crippen LogP contribution < -0.4 is 5.48 Å². The molecule has 0 aromatic heterocycles. The number of nitrogens with one attached hydrogen (secondary N) is 1. The summed E-state index contributed by atoms with van der Waals surface area (Å²) in [5.41, 5.74) is 3.09. The molecular formula is C12H13Br2NO2. The van der Waals surface area contributed by atoms with E-state index in [0.29, 0.717) is 5.56 Å². The molecule has 1 aromatic rings. The SMILES string of the molecule is O=C(NOC1CCCC1)c1cc(Br)cc(Br)c1. The average molecular weight is 363 g/mol. The molecule has 1 N–H and O–H groups in total. The van der Waals surface area contributed by atoms with Crippen LogP contribution in [0.15, 0.2) is 27.1 Å². The standard InChI is InChI=1S/C12H13Br2NO2/c13-9-5-8(6-10(14)7-9)12(16)15-17-11-3-1-2-4-11/h5-7,11H,1-4H2,(H,15,16). The molecule has 0 unspecified atom stereocenters. The molecule has 1 fully saturated rings. The van der Waals surface area contributed by atoms with E-state index in [1.54, 1.807) is 12.1 Å². The van der Waals surface area contributed by atoms with Gasteiger partial charge in [0.25, 0.3) is 5.91 Å². The number of hydrogen-bond donors (Lipinski definition) is 1. The van der Waals surface area contributed by atoms with E-state index in [9.17, 15) is 4.79 Å². The van der Waals surface area contributed by atoms with Gasteiger partial charge in [0.2, 0.25) is 0 Å². The molecule has 0 spiro atoms. The molecule has 3 nitrogen and oxygen atoms in total. The summed E-state index contributed by atoms with van der Waals surface area (Å²) in [5, 5.41) is 0. The van der Waals surface area contributed by atoms with E-state index in [1.807, 2.05) is 6.07 Å². The van der Waals surface area contributed by atoms with Gasteiger partial charge < -0.3 is 0 Å². The summed E-state index contributed by atoms with van der Waals surface area (Å²) < 4.78 is 1.72. The molecule has 5 heteroatoms. The highest BCUT2D eigenvalue weighted by Gasteiger charge is 2.17. The largest absolute Gasteiger partial charge is 0.274 e. The Morgan fingerprint density at radius 1 is 1.18 bits per heavy atom. The van der Waals surface area contributed by atoms with E-state index in [2.05, 4.69) is 37.3 Å². The highest BCUT2D eigenvalue weighted by atomic mass is 79.9. The van der Waals surface area contributed by atoms with E-state index < -0.39 is 0 Å². The first kappa shape index (κ1) is 13.1. The van der Waals surface area contributed by atoms with Gasteiger partial charge in [-0.15, -0.1) is 0 Å². The lowest BCUT2D eigenvalue weighted by molar-refractivity contribution is -0.0124. The molecule has 1 saturated carbocycles. The Balaban J connectivity index is 1.94. The Morgan fingerprint density at radius 2 is 1.76 bits per heavy atom. The Kier molecular flexibility index (Phi) is 4.59. The molecule has 0 heterocycles. The number of amides is 1. The summed E-state index contributed by atoms with van der Waals surface area (Å²) in [6.45, 7) is 0. The van der Waals surface area contributed by atoms with Crippen LogP contribution in [-0.2, 0) is 4.84 Å². The van der Waals surface area contributed by atoms with Crippen molar-refractivity contribution in [2.45, 2.75) is 31.8 Å². The van der Waals surface area contributed by atoms with Crippen LogP contribution in [0.4, 0.5) is 0 Å². The maximum atomic E-state index is 11.8. The molecule has 1 aliphatic rings. The molecule has 0 aliphatic heterocycles. The molecule has 1 amide bonds. The summed E-state index contributed by atoms with van der Waals surface area (Å²) in [6.07, 6.45) is 4.60. The molecule has 0 radical (unpaired) electrons. The van der Waals surface area contributed by atoms with Crippen molar-refractivity contribution in [3.05, 3.63) is 32.7 Å². The van der Waals surface area contributed by atoms with Crippen LogP contribution >= 0.6 is 31.9 Å². The number of hydrogen-bond acceptors (Lipinski definition) is 2. The Morgan fingerprint density at radius 3 is 2.35 bits per heavy atom. The molecule has 0 saturated heterocycles. The van der Waals surface area contributed by atoms with Crippen LogP contribution in [0.1, 0.15) is 36.0 Å². The minimum atomic E-state index is -0.209. The topological polar surface area (TPSA) is 38.3 Å². The maximum absolute atomic E-state index is 11.8. The normalized spacial score (nSPS) is 16.1. The van der Waals surface area contributed by atoms with Crippen LogP contribution in [0.25, 0.3) is 0 Å². The predicted octanol–water partition coefficient (Wildman–Crippen LogP) is 3.82. The van der Waals surface area contributed by atoms with Gasteiger partial charge >= 0.3 is 0 Å². The van der Waals surface area contributed by atoms with Crippen LogP contribution in [-0.4, -0.2) is 12.0 Å². The summed E-state index contributed by atoms with van der Waals surface area (Å²) in [5.74, 6) is -0.209. The smallest absolute Gasteiger partial charge is 0.270 e. The lowest BCUT2D eigenvalue weighted by atomic mass is 10.2. The van der Waals surface area contributed by atoms with E-state index >= 15 is 0 Å². The average Bonchev–Trinajstić information content (AvgIpc) is 2.77. The van der Waals surface area contributed by atoms with Crippen LogP contribution in [0, 0.1) is 0 Å². The fourth-order valence-corrected chi connectivity index (χ4v) is 3.18. The Hall–Kier alpha value is -0.390. The second kappa shape index (κ2) is 5.98. The van der Waals surface area contributed by atoms with Gasteiger partial charge in [-0.1, -0.05) is 44.7 Å². The van der Waals surface area contributed by atoms with Crippen molar-refractivity contribution in [2.24, 2.45) is 0 Å². The van der Waals surface area contributed by atoms with Gasteiger partial charge in [0.05, 0.1) is 6.10 Å². The quantitative estimate of drug-likeness (QED) is 0.830. The van der Waals surface area contributed by atoms with Crippen molar-refractivity contribution in [2.75, 3.05) is 0 Å². The first-order valence-electron chi connectivity index (χ1n) is 5.57. The molecule has 0 atom stereocenters. The van der Waals surface area contributed by atoms with Crippen molar-refractivity contribution >= 4 is 37.8 Å². The Labute approximate surface area is 117 Å². The summed E-state index contributed by atoms with van der Waals surface area (Å²) in [4.78, 5) is 17.2. The number of halogens is 2. The summed E-state index contributed by atoms with van der Waals surface area (Å²) >= 11 is 6.70. The molecule has 2 rings (SSSR count). The summed E-state index contributed by atoms with van der Waals surface area (Å²) in [6, 6.07) is 5.41. The molecule has 17 heavy (non-hydrogen) atoms. The number of hydroxylamine groups is 1. The van der Waals surface area contributed by atoms with E-state index in [-0.39, 0.29) is 12.0 Å². The number of carbonyl (C=O) groups excluding carboxylic acids is 1. The van der Waals surface area contributed by atoms with Crippen molar-refractivity contribution in [3.63, 3.8) is 0 Å². The van der Waals surface area contributed by atoms with Crippen molar-refractivity contribution in [1.29, 1.82) is 0 Å². The zero-order valence-electron chi connectivity index (χ0n) is 9.21. The zero-order chi connectivity index (χ0) is 12.3. The fraction of sp³-hybridized carbons (Fsp3) is 0.417. The molecule has 1 aliphatic carbocycles. The first-order valence-corrected chi connectivity index (χ1v) is 7.16. The van der Waals surface area contributed by atoms with Gasteiger partial charge in [0.15, 0.2) is 0 Å². The van der Waals surface area contributed by atoms with Gasteiger partial charge in [0, 0.05) is 14.5 Å². The third-order valence-corrected chi connectivity index (χ3v) is 3.66. The lowest BCUT2D eigenvalue weighted by Crippen LogP contribution is -2.28. The minimum absolute atomic E-state index is 0.176. The molecule has 0 bridgehead atoms. The van der Waals surface area contributed by atoms with Gasteiger partial charge in [-0.2, -0.15) is 0 Å². The predicted molar refractivity (Wildman–Crippen MR) is 72.6 cm³/mol. The highest BCUT2D eigenvalue weighted by Crippen LogP contribution is 2.21. The number of rotatable bonds is 3. The van der Waals surface area contributed by atoms with Crippen molar-refractivity contribution in [3.8, 4) is 0 Å². The molecular weight excluding hydrogens is 350 g/mol. The van der Waals surface area contributed by atoms with Gasteiger partial charge in [-0.05, 0) is 31.0 Å². The second-order valence-corrected chi connectivity index (χ2v) is 5.94. The summed E-state index contributed by atoms with van der Waals surface area (Å²) in [7, 11) is 0. The highest BCUT2D eigenvalue weighted by molar-refractivity contribution is 9.11. The zero-order valence-corrected chi connectivity index (χ0v) is 12.4. The Bertz CT molecular complexity index is 397. The number of carbonyl (C=O) groups is 1. The first-order chi connectivity index (χ1) is 8.15. The third kappa shape index (κ3) is 3.79. The van der Waals surface area contributed by atoms with Crippen molar-refractivity contribution in [1.82, 2.24) is 5.48 Å². The van der Waals surface area contributed by atoms with E-state index in [1.165, 1.54) is 12.8 Å².